The normalized spacial score (nSPS) is 12.2. The Morgan fingerprint density at radius 1 is 1.23 bits per heavy atom. The Balaban J connectivity index is 2.24. The third-order valence-electron chi connectivity index (χ3n) is 3.24. The standard InChI is InChI=1S/C16H18N2O3S/c1-9(2)12(16(20)21)18-14(19)13-10(3)17-15(22-13)11-7-5-4-6-8-11/h4-9,12H,1-3H3,(H,18,19)(H,20,21)/t12-/m0/s1. The van der Waals surface area contributed by atoms with Gasteiger partial charge in [0.2, 0.25) is 0 Å². The zero-order valence-electron chi connectivity index (χ0n) is 12.7. The highest BCUT2D eigenvalue weighted by Gasteiger charge is 2.26. The molecule has 2 aromatic rings. The highest BCUT2D eigenvalue weighted by molar-refractivity contribution is 7.17. The summed E-state index contributed by atoms with van der Waals surface area (Å²) < 4.78 is 0. The van der Waals surface area contributed by atoms with Crippen molar-refractivity contribution in [2.75, 3.05) is 0 Å². The molecule has 5 nitrogen and oxygen atoms in total. The number of carboxylic acids is 1. The van der Waals surface area contributed by atoms with Gasteiger partial charge in [0, 0.05) is 5.56 Å². The van der Waals surface area contributed by atoms with E-state index in [0.717, 1.165) is 10.6 Å². The molecule has 0 aliphatic carbocycles. The van der Waals surface area contributed by atoms with Crippen molar-refractivity contribution in [2.24, 2.45) is 5.92 Å². The topological polar surface area (TPSA) is 79.3 Å². The monoisotopic (exact) mass is 318 g/mol. The van der Waals surface area contributed by atoms with E-state index in [2.05, 4.69) is 10.3 Å². The van der Waals surface area contributed by atoms with Crippen molar-refractivity contribution < 1.29 is 14.7 Å². The third kappa shape index (κ3) is 3.51. The summed E-state index contributed by atoms with van der Waals surface area (Å²) in [5.74, 6) is -1.62. The molecule has 0 saturated carbocycles. The smallest absolute Gasteiger partial charge is 0.326 e. The molecule has 0 unspecified atom stereocenters. The summed E-state index contributed by atoms with van der Waals surface area (Å²) in [4.78, 5) is 28.4. The van der Waals surface area contributed by atoms with Gasteiger partial charge in [0.05, 0.1) is 5.69 Å². The lowest BCUT2D eigenvalue weighted by Gasteiger charge is -2.17. The Hall–Kier alpha value is -2.21. The van der Waals surface area contributed by atoms with Crippen LogP contribution in [0.2, 0.25) is 0 Å². The van der Waals surface area contributed by atoms with Gasteiger partial charge in [0.15, 0.2) is 0 Å². The number of hydrogen-bond donors (Lipinski definition) is 2. The fraction of sp³-hybridized carbons (Fsp3) is 0.312. The number of rotatable bonds is 5. The van der Waals surface area contributed by atoms with Crippen LogP contribution in [0.4, 0.5) is 0 Å². The molecule has 1 amide bonds. The number of nitrogens with one attached hydrogen (secondary N) is 1. The molecule has 6 heteroatoms. The van der Waals surface area contributed by atoms with Crippen molar-refractivity contribution >= 4 is 23.2 Å². The molecule has 0 aliphatic heterocycles. The molecule has 116 valence electrons. The van der Waals surface area contributed by atoms with Crippen LogP contribution in [0.15, 0.2) is 30.3 Å². The van der Waals surface area contributed by atoms with Crippen LogP contribution in [0, 0.1) is 12.8 Å². The Bertz CT molecular complexity index is 680. The molecule has 1 aromatic heterocycles. The van der Waals surface area contributed by atoms with E-state index in [-0.39, 0.29) is 5.92 Å². The van der Waals surface area contributed by atoms with Crippen LogP contribution >= 0.6 is 11.3 Å². The molecule has 1 aromatic carbocycles. The van der Waals surface area contributed by atoms with Gasteiger partial charge in [-0.3, -0.25) is 4.79 Å². The number of carboxylic acid groups (broad SMARTS) is 1. The SMILES string of the molecule is Cc1nc(-c2ccccc2)sc1C(=O)N[C@H](C(=O)O)C(C)C. The maximum absolute atomic E-state index is 12.3. The molecule has 0 aliphatic rings. The highest BCUT2D eigenvalue weighted by atomic mass is 32.1. The zero-order chi connectivity index (χ0) is 16.3. The third-order valence-corrected chi connectivity index (χ3v) is 4.45. The average Bonchev–Trinajstić information content (AvgIpc) is 2.87. The van der Waals surface area contributed by atoms with Crippen molar-refractivity contribution in [3.8, 4) is 10.6 Å². The van der Waals surface area contributed by atoms with Gasteiger partial charge in [0.25, 0.3) is 5.91 Å². The number of aromatic nitrogens is 1. The zero-order valence-corrected chi connectivity index (χ0v) is 13.5. The summed E-state index contributed by atoms with van der Waals surface area (Å²) in [5.41, 5.74) is 1.54. The lowest BCUT2D eigenvalue weighted by molar-refractivity contribution is -0.140. The number of nitrogens with zero attached hydrogens (tertiary/aromatic N) is 1. The van der Waals surface area contributed by atoms with Crippen molar-refractivity contribution in [2.45, 2.75) is 26.8 Å². The Labute approximate surface area is 133 Å². The minimum absolute atomic E-state index is 0.191. The summed E-state index contributed by atoms with van der Waals surface area (Å²) in [5, 5.41) is 12.5. The van der Waals surface area contributed by atoms with Crippen molar-refractivity contribution in [1.82, 2.24) is 10.3 Å². The van der Waals surface area contributed by atoms with Gasteiger partial charge >= 0.3 is 5.97 Å². The fourth-order valence-electron chi connectivity index (χ4n) is 2.03. The largest absolute Gasteiger partial charge is 0.480 e. The first-order valence-corrected chi connectivity index (χ1v) is 7.78. The number of carbonyl (C=O) groups is 2. The molecule has 0 radical (unpaired) electrons. The second kappa shape index (κ2) is 6.70. The lowest BCUT2D eigenvalue weighted by atomic mass is 10.0. The molecule has 0 spiro atoms. The van der Waals surface area contributed by atoms with Gasteiger partial charge in [-0.1, -0.05) is 44.2 Å². The summed E-state index contributed by atoms with van der Waals surface area (Å²) in [6.07, 6.45) is 0. The molecular formula is C16H18N2O3S. The van der Waals surface area contributed by atoms with E-state index in [1.54, 1.807) is 20.8 Å². The number of amides is 1. The van der Waals surface area contributed by atoms with Crippen LogP contribution < -0.4 is 5.32 Å². The molecule has 2 rings (SSSR count). The predicted molar refractivity (Wildman–Crippen MR) is 86.0 cm³/mol. The van der Waals surface area contributed by atoms with Crippen LogP contribution in [0.3, 0.4) is 0 Å². The minimum atomic E-state index is -1.03. The average molecular weight is 318 g/mol. The molecule has 2 N–H and O–H groups in total. The van der Waals surface area contributed by atoms with E-state index in [1.807, 2.05) is 30.3 Å². The van der Waals surface area contributed by atoms with E-state index < -0.39 is 17.9 Å². The number of thiazole rings is 1. The van der Waals surface area contributed by atoms with Crippen molar-refractivity contribution in [1.29, 1.82) is 0 Å². The number of hydrogen-bond acceptors (Lipinski definition) is 4. The van der Waals surface area contributed by atoms with E-state index in [4.69, 9.17) is 5.11 Å². The summed E-state index contributed by atoms with van der Waals surface area (Å²) in [6, 6.07) is 8.67. The van der Waals surface area contributed by atoms with Crippen LogP contribution in [0.5, 0.6) is 0 Å². The van der Waals surface area contributed by atoms with E-state index in [1.165, 1.54) is 11.3 Å². The van der Waals surface area contributed by atoms with Gasteiger partial charge < -0.3 is 10.4 Å². The fourth-order valence-corrected chi connectivity index (χ4v) is 3.01. The predicted octanol–water partition coefficient (Wildman–Crippen LogP) is 2.96. The van der Waals surface area contributed by atoms with E-state index >= 15 is 0 Å². The summed E-state index contributed by atoms with van der Waals surface area (Å²) in [7, 11) is 0. The first-order chi connectivity index (χ1) is 10.4. The molecule has 0 saturated heterocycles. The molecular weight excluding hydrogens is 300 g/mol. The number of benzene rings is 1. The first-order valence-electron chi connectivity index (χ1n) is 6.96. The Morgan fingerprint density at radius 3 is 2.41 bits per heavy atom. The quantitative estimate of drug-likeness (QED) is 0.888. The number of aryl methyl sites for hydroxylation is 1. The lowest BCUT2D eigenvalue weighted by Crippen LogP contribution is -2.44. The maximum Gasteiger partial charge on any atom is 0.326 e. The summed E-state index contributed by atoms with van der Waals surface area (Å²) >= 11 is 1.27. The Kier molecular flexibility index (Phi) is 4.92. The van der Waals surface area contributed by atoms with Crippen LogP contribution in [-0.4, -0.2) is 28.0 Å². The van der Waals surface area contributed by atoms with E-state index in [9.17, 15) is 9.59 Å². The minimum Gasteiger partial charge on any atom is -0.480 e. The molecule has 1 atom stereocenters. The van der Waals surface area contributed by atoms with E-state index in [0.29, 0.717) is 10.6 Å². The van der Waals surface area contributed by atoms with Gasteiger partial charge in [-0.15, -0.1) is 11.3 Å². The number of aliphatic carboxylic acids is 1. The van der Waals surface area contributed by atoms with Gasteiger partial charge in [-0.05, 0) is 12.8 Å². The molecule has 0 fully saturated rings. The summed E-state index contributed by atoms with van der Waals surface area (Å²) in [6.45, 7) is 5.27. The molecule has 22 heavy (non-hydrogen) atoms. The van der Waals surface area contributed by atoms with Crippen LogP contribution in [-0.2, 0) is 4.79 Å². The van der Waals surface area contributed by atoms with Crippen molar-refractivity contribution in [3.63, 3.8) is 0 Å². The van der Waals surface area contributed by atoms with Gasteiger partial charge in [-0.2, -0.15) is 0 Å². The second-order valence-electron chi connectivity index (χ2n) is 5.33. The van der Waals surface area contributed by atoms with Gasteiger partial charge in [-0.25, -0.2) is 9.78 Å². The molecule has 1 heterocycles. The maximum atomic E-state index is 12.3. The van der Waals surface area contributed by atoms with Crippen LogP contribution in [0.1, 0.15) is 29.2 Å². The molecule has 0 bridgehead atoms. The Morgan fingerprint density at radius 2 is 1.86 bits per heavy atom. The van der Waals surface area contributed by atoms with Crippen molar-refractivity contribution in [3.05, 3.63) is 40.9 Å². The first kappa shape index (κ1) is 16.2. The highest BCUT2D eigenvalue weighted by Crippen LogP contribution is 2.27. The number of carbonyl (C=O) groups excluding carboxylic acids is 1. The van der Waals surface area contributed by atoms with Crippen LogP contribution in [0.25, 0.3) is 10.6 Å². The second-order valence-corrected chi connectivity index (χ2v) is 6.33. The van der Waals surface area contributed by atoms with Gasteiger partial charge in [0.1, 0.15) is 15.9 Å².